The molecule has 0 saturated carbocycles. The number of sulfonamides is 1. The van der Waals surface area contributed by atoms with Crippen LogP contribution in [0, 0.1) is 0 Å². The maximum atomic E-state index is 12.2. The summed E-state index contributed by atoms with van der Waals surface area (Å²) in [5.74, 6) is -0.819. The Morgan fingerprint density at radius 2 is 2.24 bits per heavy atom. The molecule has 0 atom stereocenters. The van der Waals surface area contributed by atoms with Crippen molar-refractivity contribution in [1.29, 1.82) is 0 Å². The number of carbonyl (C=O) groups is 1. The number of hydrogen-bond acceptors (Lipinski definition) is 5. The summed E-state index contributed by atoms with van der Waals surface area (Å²) < 4.78 is 28.0. The van der Waals surface area contributed by atoms with E-state index >= 15 is 0 Å². The lowest BCUT2D eigenvalue weighted by atomic mass is 10.3. The first-order valence-electron chi connectivity index (χ1n) is 6.10. The summed E-state index contributed by atoms with van der Waals surface area (Å²) >= 11 is 0. The van der Waals surface area contributed by atoms with Crippen LogP contribution in [-0.2, 0) is 16.6 Å². The minimum absolute atomic E-state index is 0.0579. The molecule has 0 spiro atoms. The number of aromatic nitrogens is 4. The van der Waals surface area contributed by atoms with Gasteiger partial charge in [-0.3, -0.25) is 5.10 Å². The van der Waals surface area contributed by atoms with Gasteiger partial charge < -0.3 is 9.67 Å². The molecule has 0 unspecified atom stereocenters. The van der Waals surface area contributed by atoms with Crippen LogP contribution in [0.5, 0.6) is 0 Å². The molecule has 0 amide bonds. The smallest absolute Gasteiger partial charge is 0.352 e. The van der Waals surface area contributed by atoms with E-state index in [0.717, 1.165) is 6.07 Å². The molecule has 2 aromatic rings. The van der Waals surface area contributed by atoms with E-state index in [4.69, 9.17) is 5.11 Å². The second-order valence-electron chi connectivity index (χ2n) is 4.62. The molecule has 0 fully saturated rings. The lowest BCUT2D eigenvalue weighted by Crippen LogP contribution is -2.23. The molecular formula is C11H15N5O4S. The highest BCUT2D eigenvalue weighted by Crippen LogP contribution is 2.19. The number of hydrogen-bond donors (Lipinski definition) is 3. The predicted octanol–water partition coefficient (Wildman–Crippen LogP) is 0.364. The van der Waals surface area contributed by atoms with Crippen LogP contribution in [0.3, 0.4) is 0 Å². The fourth-order valence-electron chi connectivity index (χ4n) is 1.76. The molecule has 9 nitrogen and oxygen atoms in total. The molecule has 3 N–H and O–H groups in total. The highest BCUT2D eigenvalue weighted by Gasteiger charge is 2.22. The maximum Gasteiger partial charge on any atom is 0.352 e. The Bertz CT molecular complexity index is 733. The highest BCUT2D eigenvalue weighted by molar-refractivity contribution is 7.89. The molecule has 0 bridgehead atoms. The van der Waals surface area contributed by atoms with Gasteiger partial charge in [0.25, 0.3) is 0 Å². The van der Waals surface area contributed by atoms with E-state index in [1.807, 2.05) is 0 Å². The van der Waals surface area contributed by atoms with Gasteiger partial charge in [-0.25, -0.2) is 22.9 Å². The summed E-state index contributed by atoms with van der Waals surface area (Å²) in [6.45, 7) is 3.48. The largest absolute Gasteiger partial charge is 0.477 e. The van der Waals surface area contributed by atoms with Crippen LogP contribution in [0.4, 0.5) is 0 Å². The predicted molar refractivity (Wildman–Crippen MR) is 72.2 cm³/mol. The van der Waals surface area contributed by atoms with E-state index in [1.165, 1.54) is 17.1 Å². The summed E-state index contributed by atoms with van der Waals surface area (Å²) in [5.41, 5.74) is -0.0787. The number of H-pyrrole nitrogens is 1. The Hall–Kier alpha value is -2.20. The van der Waals surface area contributed by atoms with Crippen LogP contribution < -0.4 is 4.72 Å². The fraction of sp³-hybridized carbons (Fsp3) is 0.364. The SMILES string of the molecule is CC(C)n1cc(S(=O)(=O)NCc2ncn[nH]2)cc1C(=O)O. The van der Waals surface area contributed by atoms with Crippen molar-refractivity contribution in [2.75, 3.05) is 0 Å². The van der Waals surface area contributed by atoms with Gasteiger partial charge in [0.05, 0.1) is 6.54 Å². The highest BCUT2D eigenvalue weighted by atomic mass is 32.2. The summed E-state index contributed by atoms with van der Waals surface area (Å²) in [6, 6.07) is 0.958. The molecule has 21 heavy (non-hydrogen) atoms. The van der Waals surface area contributed by atoms with Crippen LogP contribution in [0.15, 0.2) is 23.5 Å². The minimum Gasteiger partial charge on any atom is -0.477 e. The molecule has 0 aliphatic rings. The van der Waals surface area contributed by atoms with Crippen molar-refractivity contribution in [3.05, 3.63) is 30.1 Å². The molecule has 0 radical (unpaired) electrons. The molecule has 0 saturated heterocycles. The van der Waals surface area contributed by atoms with E-state index in [-0.39, 0.29) is 23.2 Å². The van der Waals surface area contributed by atoms with Crippen LogP contribution in [0.2, 0.25) is 0 Å². The van der Waals surface area contributed by atoms with E-state index in [1.54, 1.807) is 13.8 Å². The number of aromatic amines is 1. The number of nitrogens with one attached hydrogen (secondary N) is 2. The number of rotatable bonds is 6. The van der Waals surface area contributed by atoms with Crippen molar-refractivity contribution in [1.82, 2.24) is 24.5 Å². The van der Waals surface area contributed by atoms with Crippen LogP contribution in [-0.4, -0.2) is 39.2 Å². The molecule has 10 heteroatoms. The summed E-state index contributed by atoms with van der Waals surface area (Å²) in [7, 11) is -3.83. The number of carboxylic acids is 1. The molecule has 0 aliphatic carbocycles. The first-order chi connectivity index (χ1) is 9.81. The van der Waals surface area contributed by atoms with Crippen molar-refractivity contribution in [3.8, 4) is 0 Å². The average Bonchev–Trinajstić information content (AvgIpc) is 3.06. The Balaban J connectivity index is 2.27. The monoisotopic (exact) mass is 313 g/mol. The summed E-state index contributed by atoms with van der Waals surface area (Å²) in [4.78, 5) is 14.8. The summed E-state index contributed by atoms with van der Waals surface area (Å²) in [6.07, 6.45) is 2.57. The molecule has 2 heterocycles. The molecule has 2 rings (SSSR count). The van der Waals surface area contributed by atoms with Gasteiger partial charge in [-0.05, 0) is 19.9 Å². The van der Waals surface area contributed by atoms with Crippen molar-refractivity contribution in [3.63, 3.8) is 0 Å². The lowest BCUT2D eigenvalue weighted by molar-refractivity contribution is 0.0683. The Morgan fingerprint density at radius 1 is 1.52 bits per heavy atom. The molecule has 2 aromatic heterocycles. The lowest BCUT2D eigenvalue weighted by Gasteiger charge is -2.09. The Labute approximate surface area is 121 Å². The van der Waals surface area contributed by atoms with E-state index < -0.39 is 16.0 Å². The normalized spacial score (nSPS) is 12.0. The molecule has 114 valence electrons. The van der Waals surface area contributed by atoms with Gasteiger partial charge in [0.15, 0.2) is 0 Å². The van der Waals surface area contributed by atoms with Gasteiger partial charge in [0, 0.05) is 12.2 Å². The number of nitrogens with zero attached hydrogens (tertiary/aromatic N) is 3. The topological polar surface area (TPSA) is 130 Å². The second-order valence-corrected chi connectivity index (χ2v) is 6.39. The number of carboxylic acid groups (broad SMARTS) is 1. The van der Waals surface area contributed by atoms with Gasteiger partial charge in [0.1, 0.15) is 22.7 Å². The summed E-state index contributed by atoms with van der Waals surface area (Å²) in [5, 5.41) is 15.2. The first kappa shape index (κ1) is 15.2. The maximum absolute atomic E-state index is 12.2. The van der Waals surface area contributed by atoms with Crippen molar-refractivity contribution < 1.29 is 18.3 Å². The fourth-order valence-corrected chi connectivity index (χ4v) is 2.77. The third-order valence-corrected chi connectivity index (χ3v) is 4.17. The van der Waals surface area contributed by atoms with Crippen LogP contribution >= 0.6 is 0 Å². The quantitative estimate of drug-likeness (QED) is 0.706. The first-order valence-corrected chi connectivity index (χ1v) is 7.58. The van der Waals surface area contributed by atoms with Gasteiger partial charge in [-0.2, -0.15) is 5.10 Å². The average molecular weight is 313 g/mol. The third kappa shape index (κ3) is 3.28. The van der Waals surface area contributed by atoms with Gasteiger partial charge in [-0.15, -0.1) is 0 Å². The zero-order chi connectivity index (χ0) is 15.6. The Kier molecular flexibility index (Phi) is 4.09. The van der Waals surface area contributed by atoms with Crippen molar-refractivity contribution >= 4 is 16.0 Å². The van der Waals surface area contributed by atoms with Crippen molar-refractivity contribution in [2.24, 2.45) is 0 Å². The van der Waals surface area contributed by atoms with Gasteiger partial charge >= 0.3 is 5.97 Å². The zero-order valence-corrected chi connectivity index (χ0v) is 12.3. The standard InChI is InChI=1S/C11H15N5O4S/c1-7(2)16-5-8(3-9(16)11(17)18)21(19,20)14-4-10-12-6-13-15-10/h3,5-7,14H,4H2,1-2H3,(H,17,18)(H,12,13,15). The third-order valence-electron chi connectivity index (χ3n) is 2.80. The molecule has 0 aromatic carbocycles. The van der Waals surface area contributed by atoms with E-state index in [2.05, 4.69) is 19.9 Å². The van der Waals surface area contributed by atoms with Crippen molar-refractivity contribution in [2.45, 2.75) is 31.3 Å². The van der Waals surface area contributed by atoms with Gasteiger partial charge in [0.2, 0.25) is 10.0 Å². The van der Waals surface area contributed by atoms with E-state index in [9.17, 15) is 13.2 Å². The zero-order valence-electron chi connectivity index (χ0n) is 11.4. The Morgan fingerprint density at radius 3 is 2.71 bits per heavy atom. The minimum atomic E-state index is -3.83. The van der Waals surface area contributed by atoms with Gasteiger partial charge in [-0.1, -0.05) is 0 Å². The molecular weight excluding hydrogens is 298 g/mol. The number of aromatic carboxylic acids is 1. The van der Waals surface area contributed by atoms with E-state index in [0.29, 0.717) is 5.82 Å². The molecule has 0 aliphatic heterocycles. The van der Waals surface area contributed by atoms with Crippen LogP contribution in [0.25, 0.3) is 0 Å². The second kappa shape index (κ2) is 5.66. The van der Waals surface area contributed by atoms with Crippen LogP contribution in [0.1, 0.15) is 36.2 Å².